The van der Waals surface area contributed by atoms with Crippen LogP contribution in [0.15, 0.2) is 0 Å². The summed E-state index contributed by atoms with van der Waals surface area (Å²) in [5, 5.41) is 0. The summed E-state index contributed by atoms with van der Waals surface area (Å²) in [7, 11) is 0. The van der Waals surface area contributed by atoms with Crippen LogP contribution in [0.5, 0.6) is 0 Å². The van der Waals surface area contributed by atoms with Crippen molar-refractivity contribution in [3.05, 3.63) is 0 Å². The van der Waals surface area contributed by atoms with Crippen molar-refractivity contribution in [2.45, 2.75) is 24.3 Å². The van der Waals surface area contributed by atoms with Crippen molar-refractivity contribution in [2.75, 3.05) is 0 Å². The molecule has 1 saturated carbocycles. The predicted octanol–water partition coefficient (Wildman–Crippen LogP) is 1.42. The first-order valence-electron chi connectivity index (χ1n) is 1.99. The third kappa shape index (κ3) is 0.535. The van der Waals surface area contributed by atoms with Gasteiger partial charge in [0.1, 0.15) is 6.17 Å². The number of hydrogen-bond acceptors (Lipinski definition) is 1. The normalized spacial score (nSPS) is 55.5. The summed E-state index contributed by atoms with van der Waals surface area (Å²) in [6.45, 7) is 1.81. The van der Waals surface area contributed by atoms with Crippen molar-refractivity contribution in [1.29, 1.82) is 0 Å². The zero-order valence-electron chi connectivity index (χ0n) is 3.61. The SMILES string of the molecule is CC1(S)C[C@H]1F. The van der Waals surface area contributed by atoms with Crippen molar-refractivity contribution in [1.82, 2.24) is 0 Å². The summed E-state index contributed by atoms with van der Waals surface area (Å²) in [6.07, 6.45) is -0.00309. The molecule has 0 aromatic heterocycles. The van der Waals surface area contributed by atoms with E-state index in [4.69, 9.17) is 0 Å². The van der Waals surface area contributed by atoms with Gasteiger partial charge in [-0.2, -0.15) is 12.6 Å². The van der Waals surface area contributed by atoms with Crippen LogP contribution < -0.4 is 0 Å². The number of halogens is 1. The van der Waals surface area contributed by atoms with E-state index in [0.717, 1.165) is 0 Å². The van der Waals surface area contributed by atoms with Crippen molar-refractivity contribution in [3.63, 3.8) is 0 Å². The van der Waals surface area contributed by atoms with Crippen LogP contribution in [0.4, 0.5) is 4.39 Å². The standard InChI is InChI=1S/C4H7FS/c1-4(6)2-3(4)5/h3,6H,2H2,1H3/t3-,4?/m1/s1. The molecule has 1 fully saturated rings. The van der Waals surface area contributed by atoms with Gasteiger partial charge in [0.25, 0.3) is 0 Å². The second kappa shape index (κ2) is 0.915. The quantitative estimate of drug-likeness (QED) is 0.443. The highest BCUT2D eigenvalue weighted by Gasteiger charge is 2.47. The molecule has 0 aliphatic heterocycles. The van der Waals surface area contributed by atoms with Gasteiger partial charge in [-0.15, -0.1) is 0 Å². The van der Waals surface area contributed by atoms with Gasteiger partial charge >= 0.3 is 0 Å². The van der Waals surface area contributed by atoms with Gasteiger partial charge in [-0.05, 0) is 13.3 Å². The van der Waals surface area contributed by atoms with Crippen LogP contribution >= 0.6 is 12.6 Å². The molecule has 0 aromatic rings. The maximum atomic E-state index is 11.8. The fourth-order valence-corrected chi connectivity index (χ4v) is 0.464. The van der Waals surface area contributed by atoms with Gasteiger partial charge < -0.3 is 0 Å². The van der Waals surface area contributed by atoms with Crippen LogP contribution in [0.2, 0.25) is 0 Å². The van der Waals surface area contributed by atoms with E-state index >= 15 is 0 Å². The summed E-state index contributed by atoms with van der Waals surface area (Å²) in [5.74, 6) is 0. The van der Waals surface area contributed by atoms with Crippen molar-refractivity contribution >= 4 is 12.6 Å². The lowest BCUT2D eigenvalue weighted by atomic mass is 10.5. The average molecular weight is 106 g/mol. The van der Waals surface area contributed by atoms with Gasteiger partial charge in [0.05, 0.1) is 0 Å². The minimum absolute atomic E-state index is 0.264. The molecule has 1 rings (SSSR count). The van der Waals surface area contributed by atoms with E-state index < -0.39 is 6.17 Å². The lowest BCUT2D eigenvalue weighted by Crippen LogP contribution is -1.91. The van der Waals surface area contributed by atoms with E-state index in [0.29, 0.717) is 6.42 Å². The Morgan fingerprint density at radius 1 is 2.00 bits per heavy atom. The van der Waals surface area contributed by atoms with Crippen LogP contribution in [0.3, 0.4) is 0 Å². The molecule has 2 atom stereocenters. The summed E-state index contributed by atoms with van der Waals surface area (Å²) >= 11 is 3.95. The third-order valence-corrected chi connectivity index (χ3v) is 1.57. The Hall–Kier alpha value is 0.280. The van der Waals surface area contributed by atoms with Gasteiger partial charge in [-0.1, -0.05) is 0 Å². The van der Waals surface area contributed by atoms with Gasteiger partial charge in [0.2, 0.25) is 0 Å². The summed E-state index contributed by atoms with van der Waals surface area (Å²) < 4.78 is 11.5. The van der Waals surface area contributed by atoms with Crippen LogP contribution in [0, 0.1) is 0 Å². The Morgan fingerprint density at radius 2 is 2.17 bits per heavy atom. The van der Waals surface area contributed by atoms with E-state index in [1.807, 2.05) is 0 Å². The lowest BCUT2D eigenvalue weighted by Gasteiger charge is -1.88. The molecule has 1 aliphatic rings. The number of rotatable bonds is 0. The molecule has 0 bridgehead atoms. The highest BCUT2D eigenvalue weighted by atomic mass is 32.1. The second-order valence-electron chi connectivity index (χ2n) is 2.03. The fraction of sp³-hybridized carbons (Fsp3) is 1.00. The number of hydrogen-bond donors (Lipinski definition) is 1. The topological polar surface area (TPSA) is 0 Å². The van der Waals surface area contributed by atoms with Gasteiger partial charge in [0.15, 0.2) is 0 Å². The van der Waals surface area contributed by atoms with E-state index in [2.05, 4.69) is 12.6 Å². The Labute approximate surface area is 42.1 Å². The molecule has 1 aliphatic carbocycles. The van der Waals surface area contributed by atoms with E-state index in [-0.39, 0.29) is 4.75 Å². The first-order chi connectivity index (χ1) is 2.63. The molecule has 0 radical (unpaired) electrons. The van der Waals surface area contributed by atoms with E-state index in [1.165, 1.54) is 0 Å². The summed E-state index contributed by atoms with van der Waals surface area (Å²) in [5.41, 5.74) is 0. The van der Waals surface area contributed by atoms with E-state index in [1.54, 1.807) is 6.92 Å². The zero-order valence-corrected chi connectivity index (χ0v) is 4.50. The second-order valence-corrected chi connectivity index (χ2v) is 3.05. The lowest BCUT2D eigenvalue weighted by molar-refractivity contribution is 0.464. The van der Waals surface area contributed by atoms with Gasteiger partial charge in [-0.25, -0.2) is 4.39 Å². The first kappa shape index (κ1) is 4.44. The molecule has 0 amide bonds. The largest absolute Gasteiger partial charge is 0.246 e. The molecule has 36 valence electrons. The first-order valence-corrected chi connectivity index (χ1v) is 2.44. The Balaban J connectivity index is 2.41. The number of alkyl halides is 1. The fourth-order valence-electron chi connectivity index (χ4n) is 0.304. The Kier molecular flexibility index (Phi) is 0.677. The van der Waals surface area contributed by atoms with Crippen LogP contribution in [-0.2, 0) is 0 Å². The van der Waals surface area contributed by atoms with Gasteiger partial charge in [0, 0.05) is 4.75 Å². The number of thiol groups is 1. The van der Waals surface area contributed by atoms with Gasteiger partial charge in [-0.3, -0.25) is 0 Å². The minimum atomic E-state index is -0.638. The molecule has 1 unspecified atom stereocenters. The maximum Gasteiger partial charge on any atom is 0.116 e. The average Bonchev–Trinajstić information content (AvgIpc) is 1.73. The highest BCUT2D eigenvalue weighted by molar-refractivity contribution is 7.82. The predicted molar refractivity (Wildman–Crippen MR) is 26.9 cm³/mol. The molecule has 0 nitrogen and oxygen atoms in total. The maximum absolute atomic E-state index is 11.8. The third-order valence-electron chi connectivity index (χ3n) is 1.11. The van der Waals surface area contributed by atoms with Crippen molar-refractivity contribution in [3.8, 4) is 0 Å². The molecular formula is C4H7FS. The van der Waals surface area contributed by atoms with Crippen molar-refractivity contribution < 1.29 is 4.39 Å². The van der Waals surface area contributed by atoms with Crippen LogP contribution in [-0.4, -0.2) is 10.9 Å². The summed E-state index contributed by atoms with van der Waals surface area (Å²) in [6, 6.07) is 0. The smallest absolute Gasteiger partial charge is 0.116 e. The molecule has 0 spiro atoms. The summed E-state index contributed by atoms with van der Waals surface area (Å²) in [4.78, 5) is 0. The van der Waals surface area contributed by atoms with Crippen molar-refractivity contribution in [2.24, 2.45) is 0 Å². The Morgan fingerprint density at radius 3 is 2.17 bits per heavy atom. The minimum Gasteiger partial charge on any atom is -0.246 e. The Bertz CT molecular complexity index is 69.9. The molecule has 0 heterocycles. The van der Waals surface area contributed by atoms with Crippen LogP contribution in [0.1, 0.15) is 13.3 Å². The van der Waals surface area contributed by atoms with Crippen LogP contribution in [0.25, 0.3) is 0 Å². The van der Waals surface area contributed by atoms with E-state index in [9.17, 15) is 4.39 Å². The molecule has 0 saturated heterocycles. The highest BCUT2D eigenvalue weighted by Crippen LogP contribution is 2.44. The molecule has 0 aromatic carbocycles. The molecule has 6 heavy (non-hydrogen) atoms. The molecular weight excluding hydrogens is 99.1 g/mol. The molecule has 0 N–H and O–H groups in total. The zero-order chi connectivity index (χ0) is 4.78. The monoisotopic (exact) mass is 106 g/mol. The molecule has 2 heteroatoms.